The molecule has 3 aromatic heterocycles. The Bertz CT molecular complexity index is 1430. The number of nitrogens with zero attached hydrogens (tertiary/aromatic N) is 3. The van der Waals surface area contributed by atoms with Crippen molar-refractivity contribution < 1.29 is 9.53 Å². The van der Waals surface area contributed by atoms with E-state index in [-0.39, 0.29) is 16.9 Å². The van der Waals surface area contributed by atoms with Crippen molar-refractivity contribution in [2.24, 2.45) is 5.73 Å². The fourth-order valence-corrected chi connectivity index (χ4v) is 4.75. The smallest absolute Gasteiger partial charge is 0.253 e. The predicted molar refractivity (Wildman–Crippen MR) is 127 cm³/mol. The van der Waals surface area contributed by atoms with Gasteiger partial charge >= 0.3 is 0 Å². The molecule has 6 N–H and O–H groups in total. The quantitative estimate of drug-likeness (QED) is 0.345. The van der Waals surface area contributed by atoms with Crippen LogP contribution >= 0.6 is 0 Å². The number of rotatable bonds is 7. The van der Waals surface area contributed by atoms with E-state index in [4.69, 9.17) is 21.2 Å². The molecule has 0 radical (unpaired) electrons. The van der Waals surface area contributed by atoms with E-state index in [0.29, 0.717) is 29.4 Å². The van der Waals surface area contributed by atoms with E-state index in [9.17, 15) is 4.79 Å². The number of likely N-dealkylation sites (N-methyl/N-ethyl adjacent to an activating group) is 1. The Morgan fingerprint density at radius 1 is 1.33 bits per heavy atom. The minimum Gasteiger partial charge on any atom is -0.475 e. The molecule has 2 saturated carbocycles. The fourth-order valence-electron chi connectivity index (χ4n) is 4.75. The van der Waals surface area contributed by atoms with E-state index < -0.39 is 5.91 Å². The van der Waals surface area contributed by atoms with Crippen LogP contribution in [0.15, 0.2) is 24.4 Å². The van der Waals surface area contributed by atoms with Gasteiger partial charge in [-0.05, 0) is 63.3 Å². The molecular formula is C24H27N7O2. The van der Waals surface area contributed by atoms with Gasteiger partial charge in [0.1, 0.15) is 12.4 Å². The number of nitrogen functional groups attached to an aromatic ring is 1. The van der Waals surface area contributed by atoms with Crippen LogP contribution < -0.4 is 21.5 Å². The van der Waals surface area contributed by atoms with Crippen LogP contribution in [-0.4, -0.2) is 44.8 Å². The molecule has 2 fully saturated rings. The molecule has 0 bridgehead atoms. The lowest BCUT2D eigenvalue weighted by Crippen LogP contribution is -2.34. The zero-order valence-electron chi connectivity index (χ0n) is 18.7. The Hall–Kier alpha value is -3.59. The number of anilines is 1. The molecule has 9 nitrogen and oxygen atoms in total. The summed E-state index contributed by atoms with van der Waals surface area (Å²) < 4.78 is 8.02. The van der Waals surface area contributed by atoms with Crippen LogP contribution in [0.2, 0.25) is 0 Å². The van der Waals surface area contributed by atoms with E-state index in [1.54, 1.807) is 6.20 Å². The van der Waals surface area contributed by atoms with Gasteiger partial charge in [0.2, 0.25) is 5.88 Å². The molecule has 0 atom stereocenters. The van der Waals surface area contributed by atoms with Crippen molar-refractivity contribution in [2.45, 2.75) is 44.1 Å². The molecule has 2 aliphatic rings. The lowest BCUT2D eigenvalue weighted by Gasteiger charge is -2.17. The zero-order valence-corrected chi connectivity index (χ0v) is 18.7. The van der Waals surface area contributed by atoms with E-state index in [1.165, 1.54) is 5.56 Å². The molecule has 0 saturated heterocycles. The van der Waals surface area contributed by atoms with Gasteiger partial charge < -0.3 is 21.5 Å². The first-order valence-electron chi connectivity index (χ1n) is 11.3. The number of aryl methyl sites for hydroxylation is 1. The van der Waals surface area contributed by atoms with E-state index in [0.717, 1.165) is 47.8 Å². The summed E-state index contributed by atoms with van der Waals surface area (Å²) in [6.07, 6.45) is 6.18. The number of ether oxygens (including phenoxy) is 1. The van der Waals surface area contributed by atoms with Crippen molar-refractivity contribution in [3.8, 4) is 11.6 Å². The van der Waals surface area contributed by atoms with Gasteiger partial charge in [-0.15, -0.1) is 0 Å². The number of primary amides is 1. The molecule has 1 amide bonds. The lowest BCUT2D eigenvalue weighted by molar-refractivity contribution is 0.100. The van der Waals surface area contributed by atoms with Crippen LogP contribution in [0.25, 0.3) is 27.6 Å². The SMILES string of the molecule is CNC1(COc2nc3c(cc2C)c(C(N)=O)c(N)n3-c2c(C3CC3)ccc3[nH]ncc23)CC1. The van der Waals surface area contributed by atoms with Gasteiger partial charge in [0.15, 0.2) is 5.65 Å². The Balaban J connectivity index is 1.61. The number of fused-ring (bicyclic) bond motifs is 2. The van der Waals surface area contributed by atoms with E-state index in [2.05, 4.69) is 21.6 Å². The molecule has 6 rings (SSSR count). The van der Waals surface area contributed by atoms with Crippen molar-refractivity contribution in [2.75, 3.05) is 19.4 Å². The number of carbonyl (C=O) groups excluding carboxylic acids is 1. The summed E-state index contributed by atoms with van der Waals surface area (Å²) in [6, 6.07) is 6.04. The molecule has 1 aromatic carbocycles. The molecule has 170 valence electrons. The van der Waals surface area contributed by atoms with Crippen molar-refractivity contribution in [3.05, 3.63) is 41.1 Å². The number of aromatic nitrogens is 4. The van der Waals surface area contributed by atoms with Crippen molar-refractivity contribution in [3.63, 3.8) is 0 Å². The monoisotopic (exact) mass is 445 g/mol. The summed E-state index contributed by atoms with van der Waals surface area (Å²) >= 11 is 0. The molecule has 4 aromatic rings. The number of nitrogens with two attached hydrogens (primary N) is 2. The number of H-pyrrole nitrogens is 1. The van der Waals surface area contributed by atoms with Crippen molar-refractivity contribution in [1.82, 2.24) is 25.1 Å². The Kier molecular flexibility index (Phi) is 4.22. The number of benzene rings is 1. The summed E-state index contributed by atoms with van der Waals surface area (Å²) in [5, 5.41) is 12.2. The number of nitrogens with one attached hydrogen (secondary N) is 2. The standard InChI is InChI=1S/C24H27N7O2/c1-12-9-15-18(21(26)32)20(25)31(22(15)29-23(12)33-11-24(27-2)7-8-24)19-14(13-3-4-13)5-6-17-16(19)10-28-30-17/h5-6,9-10,13,27H,3-4,7-8,11,25H2,1-2H3,(H2,26,32)(H,28,30). The first-order valence-corrected chi connectivity index (χ1v) is 11.3. The summed E-state index contributed by atoms with van der Waals surface area (Å²) in [5.41, 5.74) is 17.1. The second-order valence-electron chi connectivity index (χ2n) is 9.37. The Labute approximate surface area is 190 Å². The van der Waals surface area contributed by atoms with Crippen LogP contribution in [0.3, 0.4) is 0 Å². The summed E-state index contributed by atoms with van der Waals surface area (Å²) in [4.78, 5) is 17.4. The Morgan fingerprint density at radius 2 is 2.12 bits per heavy atom. The lowest BCUT2D eigenvalue weighted by atomic mass is 10.0. The Morgan fingerprint density at radius 3 is 2.79 bits per heavy atom. The normalized spacial score (nSPS) is 17.0. The molecule has 9 heteroatoms. The highest BCUT2D eigenvalue weighted by Crippen LogP contribution is 2.46. The molecule has 33 heavy (non-hydrogen) atoms. The number of amides is 1. The summed E-state index contributed by atoms with van der Waals surface area (Å²) in [5.74, 6) is 0.683. The van der Waals surface area contributed by atoms with E-state index >= 15 is 0 Å². The highest BCUT2D eigenvalue weighted by atomic mass is 16.5. The minimum absolute atomic E-state index is 0.0179. The number of hydrogen-bond acceptors (Lipinski definition) is 6. The highest BCUT2D eigenvalue weighted by Gasteiger charge is 2.42. The molecule has 3 heterocycles. The maximum absolute atomic E-state index is 12.5. The van der Waals surface area contributed by atoms with Crippen LogP contribution in [0, 0.1) is 6.92 Å². The van der Waals surface area contributed by atoms with Crippen LogP contribution in [-0.2, 0) is 0 Å². The van der Waals surface area contributed by atoms with E-state index in [1.807, 2.05) is 30.7 Å². The molecule has 0 unspecified atom stereocenters. The van der Waals surface area contributed by atoms with Crippen LogP contribution in [0.5, 0.6) is 5.88 Å². The first-order chi connectivity index (χ1) is 15.9. The average molecular weight is 446 g/mol. The number of pyridine rings is 1. The van der Waals surface area contributed by atoms with Gasteiger partial charge in [0.05, 0.1) is 28.5 Å². The van der Waals surface area contributed by atoms with Gasteiger partial charge in [-0.25, -0.2) is 0 Å². The number of aromatic amines is 1. The van der Waals surface area contributed by atoms with Crippen LogP contribution in [0.1, 0.15) is 53.1 Å². The maximum Gasteiger partial charge on any atom is 0.253 e. The number of hydrogen-bond donors (Lipinski definition) is 4. The third-order valence-corrected chi connectivity index (χ3v) is 7.11. The van der Waals surface area contributed by atoms with Gasteiger partial charge in [-0.2, -0.15) is 10.1 Å². The topological polar surface area (TPSA) is 137 Å². The van der Waals surface area contributed by atoms with Gasteiger partial charge in [0, 0.05) is 16.3 Å². The van der Waals surface area contributed by atoms with Gasteiger partial charge in [0.25, 0.3) is 5.91 Å². The molecule has 0 spiro atoms. The molecular weight excluding hydrogens is 418 g/mol. The molecule has 2 aliphatic carbocycles. The maximum atomic E-state index is 12.5. The van der Waals surface area contributed by atoms with Crippen molar-refractivity contribution >= 4 is 33.7 Å². The zero-order chi connectivity index (χ0) is 22.9. The van der Waals surface area contributed by atoms with Crippen LogP contribution in [0.4, 0.5) is 5.82 Å². The average Bonchev–Trinajstić information content (AvgIpc) is 3.71. The summed E-state index contributed by atoms with van der Waals surface area (Å²) in [7, 11) is 1.95. The number of carbonyl (C=O) groups is 1. The third kappa shape index (κ3) is 3.06. The predicted octanol–water partition coefficient (Wildman–Crippen LogP) is 2.90. The fraction of sp³-hybridized carbons (Fsp3) is 0.375. The van der Waals surface area contributed by atoms with Gasteiger partial charge in [-0.3, -0.25) is 14.5 Å². The minimum atomic E-state index is -0.578. The van der Waals surface area contributed by atoms with Gasteiger partial charge in [-0.1, -0.05) is 6.07 Å². The highest BCUT2D eigenvalue weighted by molar-refractivity contribution is 6.12. The van der Waals surface area contributed by atoms with Crippen molar-refractivity contribution in [1.29, 1.82) is 0 Å². The largest absolute Gasteiger partial charge is 0.475 e. The second-order valence-corrected chi connectivity index (χ2v) is 9.37. The summed E-state index contributed by atoms with van der Waals surface area (Å²) in [6.45, 7) is 2.46. The first kappa shape index (κ1) is 20.0. The third-order valence-electron chi connectivity index (χ3n) is 7.11. The second kappa shape index (κ2) is 6.95. The molecule has 0 aliphatic heterocycles.